The van der Waals surface area contributed by atoms with Crippen LogP contribution in [0.25, 0.3) is 11.2 Å². The van der Waals surface area contributed by atoms with Crippen LogP contribution in [0.2, 0.25) is 5.15 Å². The van der Waals surface area contributed by atoms with Crippen LogP contribution in [0.15, 0.2) is 12.7 Å². The molecular weight excluding hydrogens is 276 g/mol. The third kappa shape index (κ3) is 1.88. The van der Waals surface area contributed by atoms with E-state index in [1.54, 1.807) is 0 Å². The summed E-state index contributed by atoms with van der Waals surface area (Å²) in [7, 11) is 0. The average molecular weight is 287 g/mol. The number of halogens is 1. The van der Waals surface area contributed by atoms with Crippen LogP contribution >= 0.6 is 11.6 Å². The van der Waals surface area contributed by atoms with Gasteiger partial charge in [-0.25, -0.2) is 15.0 Å². The molecule has 8 nitrogen and oxygen atoms in total. The highest BCUT2D eigenvalue weighted by molar-refractivity contribution is 6.33. The van der Waals surface area contributed by atoms with E-state index in [0.717, 1.165) is 0 Å². The largest absolute Gasteiger partial charge is 0.394 e. The van der Waals surface area contributed by atoms with E-state index in [1.807, 2.05) is 0 Å². The number of ether oxygens (including phenoxy) is 1. The number of hydrogen-bond acceptors (Lipinski definition) is 7. The van der Waals surface area contributed by atoms with Gasteiger partial charge in [0.1, 0.15) is 30.2 Å². The van der Waals surface area contributed by atoms with E-state index in [1.165, 1.54) is 17.2 Å². The molecule has 0 amide bonds. The van der Waals surface area contributed by atoms with Crippen molar-refractivity contribution in [3.05, 3.63) is 17.8 Å². The molecule has 0 bridgehead atoms. The van der Waals surface area contributed by atoms with E-state index in [4.69, 9.17) is 21.4 Å². The second-order valence-electron chi connectivity index (χ2n) is 4.22. The minimum absolute atomic E-state index is 0.190. The summed E-state index contributed by atoms with van der Waals surface area (Å²) < 4.78 is 6.85. The zero-order valence-electron chi connectivity index (χ0n) is 9.59. The standard InChI is InChI=1S/C10H11ClN4O4/c11-8-5-9(13-2-12-8)15(3-14-5)10-7(18)6(17)4(1-16)19-10/h2-4,6-7,10,16-18H,1H2/t4-,6?,7-,10?/m1/s1. The molecule has 19 heavy (non-hydrogen) atoms. The topological polar surface area (TPSA) is 114 Å². The molecule has 0 radical (unpaired) electrons. The quantitative estimate of drug-likeness (QED) is 0.613. The smallest absolute Gasteiger partial charge is 0.167 e. The molecule has 9 heteroatoms. The number of hydrogen-bond donors (Lipinski definition) is 3. The summed E-state index contributed by atoms with van der Waals surface area (Å²) in [5.41, 5.74) is 0.761. The Balaban J connectivity index is 2.04. The Labute approximate surface area is 112 Å². The number of aliphatic hydroxyl groups is 3. The minimum Gasteiger partial charge on any atom is -0.394 e. The average Bonchev–Trinajstić information content (AvgIpc) is 2.94. The molecule has 1 aliphatic rings. The molecule has 1 aliphatic heterocycles. The van der Waals surface area contributed by atoms with Crippen LogP contribution in [0, 0.1) is 0 Å². The highest BCUT2D eigenvalue weighted by Gasteiger charge is 2.43. The highest BCUT2D eigenvalue weighted by Crippen LogP contribution is 2.31. The lowest BCUT2D eigenvalue weighted by atomic mass is 10.1. The first-order valence-corrected chi connectivity index (χ1v) is 5.96. The van der Waals surface area contributed by atoms with E-state index in [0.29, 0.717) is 11.2 Å². The first kappa shape index (κ1) is 12.7. The minimum atomic E-state index is -1.19. The van der Waals surface area contributed by atoms with Crippen LogP contribution < -0.4 is 0 Å². The first-order chi connectivity index (χ1) is 9.13. The van der Waals surface area contributed by atoms with Crippen molar-refractivity contribution in [2.45, 2.75) is 24.5 Å². The van der Waals surface area contributed by atoms with Crippen LogP contribution in [0.1, 0.15) is 6.23 Å². The lowest BCUT2D eigenvalue weighted by Crippen LogP contribution is -2.33. The Hall–Kier alpha value is -1.32. The second-order valence-corrected chi connectivity index (χ2v) is 4.58. The maximum Gasteiger partial charge on any atom is 0.167 e. The summed E-state index contributed by atoms with van der Waals surface area (Å²) in [6.45, 7) is -0.392. The lowest BCUT2D eigenvalue weighted by Gasteiger charge is -2.16. The molecule has 102 valence electrons. The lowest BCUT2D eigenvalue weighted by molar-refractivity contribution is -0.0511. The van der Waals surface area contributed by atoms with Crippen LogP contribution in [0.4, 0.5) is 0 Å². The Kier molecular flexibility index (Phi) is 3.11. The molecule has 2 aromatic rings. The van der Waals surface area contributed by atoms with Gasteiger partial charge in [0.05, 0.1) is 12.9 Å². The number of aliphatic hydroxyl groups excluding tert-OH is 3. The van der Waals surface area contributed by atoms with Gasteiger partial charge in [-0.3, -0.25) is 4.57 Å². The number of rotatable bonds is 2. The van der Waals surface area contributed by atoms with E-state index in [2.05, 4.69) is 15.0 Å². The van der Waals surface area contributed by atoms with Crippen molar-refractivity contribution in [3.63, 3.8) is 0 Å². The first-order valence-electron chi connectivity index (χ1n) is 5.59. The van der Waals surface area contributed by atoms with Gasteiger partial charge in [-0.2, -0.15) is 0 Å². The normalized spacial score (nSPS) is 31.2. The third-order valence-electron chi connectivity index (χ3n) is 3.11. The van der Waals surface area contributed by atoms with E-state index >= 15 is 0 Å². The molecule has 0 aromatic carbocycles. The fraction of sp³-hybridized carbons (Fsp3) is 0.500. The summed E-state index contributed by atoms with van der Waals surface area (Å²) in [5, 5.41) is 28.9. The third-order valence-corrected chi connectivity index (χ3v) is 3.38. The van der Waals surface area contributed by atoms with Gasteiger partial charge in [0, 0.05) is 0 Å². The molecule has 0 aliphatic carbocycles. The van der Waals surface area contributed by atoms with Crippen LogP contribution in [0.3, 0.4) is 0 Å². The van der Waals surface area contributed by atoms with Gasteiger partial charge in [0.25, 0.3) is 0 Å². The Morgan fingerprint density at radius 2 is 2.05 bits per heavy atom. The van der Waals surface area contributed by atoms with Crippen molar-refractivity contribution in [2.24, 2.45) is 0 Å². The predicted octanol–water partition coefficient (Wildman–Crippen LogP) is -0.909. The molecular formula is C10H11ClN4O4. The number of fused-ring (bicyclic) bond motifs is 1. The summed E-state index contributed by atoms with van der Waals surface area (Å²) in [4.78, 5) is 11.9. The van der Waals surface area contributed by atoms with Crippen LogP contribution in [0.5, 0.6) is 0 Å². The number of aromatic nitrogens is 4. The van der Waals surface area contributed by atoms with Crippen LogP contribution in [-0.4, -0.2) is 59.8 Å². The fourth-order valence-corrected chi connectivity index (χ4v) is 2.30. The SMILES string of the molecule is OC[C@H]1OC(n2cnc3c(Cl)ncnc32)[C@H](O)C1O. The molecule has 2 aromatic heterocycles. The van der Waals surface area contributed by atoms with Crippen LogP contribution in [-0.2, 0) is 4.74 Å². The number of imidazole rings is 1. The molecule has 0 spiro atoms. The highest BCUT2D eigenvalue weighted by atomic mass is 35.5. The zero-order valence-corrected chi connectivity index (χ0v) is 10.3. The summed E-state index contributed by atoms with van der Waals surface area (Å²) in [6, 6.07) is 0. The summed E-state index contributed by atoms with van der Waals surface area (Å²) in [5.74, 6) is 0. The maximum atomic E-state index is 9.95. The molecule has 3 rings (SSSR count). The molecule has 1 saturated heterocycles. The molecule has 4 atom stereocenters. The fourth-order valence-electron chi connectivity index (χ4n) is 2.12. The summed E-state index contributed by atoms with van der Waals surface area (Å²) in [6.07, 6.45) is -1.44. The van der Waals surface area contributed by atoms with Gasteiger partial charge >= 0.3 is 0 Å². The predicted molar refractivity (Wildman–Crippen MR) is 63.3 cm³/mol. The Morgan fingerprint density at radius 3 is 2.74 bits per heavy atom. The van der Waals surface area contributed by atoms with Gasteiger partial charge in [0.2, 0.25) is 0 Å². The molecule has 0 saturated carbocycles. The number of nitrogens with zero attached hydrogens (tertiary/aromatic N) is 4. The Morgan fingerprint density at radius 1 is 1.26 bits per heavy atom. The Bertz CT molecular complexity index is 606. The van der Waals surface area contributed by atoms with Crippen molar-refractivity contribution in [2.75, 3.05) is 6.61 Å². The van der Waals surface area contributed by atoms with Gasteiger partial charge in [-0.1, -0.05) is 11.6 Å². The molecule has 3 heterocycles. The van der Waals surface area contributed by atoms with Crippen molar-refractivity contribution < 1.29 is 20.1 Å². The van der Waals surface area contributed by atoms with E-state index in [-0.39, 0.29) is 5.15 Å². The van der Waals surface area contributed by atoms with Gasteiger partial charge in [-0.05, 0) is 0 Å². The van der Waals surface area contributed by atoms with E-state index < -0.39 is 31.1 Å². The van der Waals surface area contributed by atoms with Crippen molar-refractivity contribution in [1.29, 1.82) is 0 Å². The van der Waals surface area contributed by atoms with Crippen molar-refractivity contribution >= 4 is 22.8 Å². The van der Waals surface area contributed by atoms with E-state index in [9.17, 15) is 10.2 Å². The molecule has 3 N–H and O–H groups in total. The molecule has 1 fully saturated rings. The van der Waals surface area contributed by atoms with Gasteiger partial charge in [0.15, 0.2) is 17.0 Å². The monoisotopic (exact) mass is 286 g/mol. The zero-order chi connectivity index (χ0) is 13.6. The van der Waals surface area contributed by atoms with Crippen molar-refractivity contribution in [1.82, 2.24) is 19.5 Å². The second kappa shape index (κ2) is 4.66. The molecule has 2 unspecified atom stereocenters. The van der Waals surface area contributed by atoms with Crippen molar-refractivity contribution in [3.8, 4) is 0 Å². The van der Waals surface area contributed by atoms with Gasteiger partial charge < -0.3 is 20.1 Å². The maximum absolute atomic E-state index is 9.95. The summed E-state index contributed by atoms with van der Waals surface area (Å²) >= 11 is 5.88. The van der Waals surface area contributed by atoms with Gasteiger partial charge in [-0.15, -0.1) is 0 Å².